The number of nitrogens with two attached hydrogens (primary N) is 1. The van der Waals surface area contributed by atoms with E-state index in [-0.39, 0.29) is 22.7 Å². The van der Waals surface area contributed by atoms with Crippen LogP contribution in [0.25, 0.3) is 11.0 Å². The lowest BCUT2D eigenvalue weighted by molar-refractivity contribution is -0.103. The summed E-state index contributed by atoms with van der Waals surface area (Å²) in [5.41, 5.74) is 5.96. The van der Waals surface area contributed by atoms with Crippen LogP contribution < -0.4 is 11.1 Å². The van der Waals surface area contributed by atoms with E-state index in [2.05, 4.69) is 25.3 Å². The third kappa shape index (κ3) is 2.19. The molecule has 0 spiro atoms. The van der Waals surface area contributed by atoms with Crippen LogP contribution in [-0.2, 0) is 4.74 Å². The lowest BCUT2D eigenvalue weighted by Gasteiger charge is -2.21. The Balaban J connectivity index is 1.96. The smallest absolute Gasteiger partial charge is 0.319 e. The topological polar surface area (TPSA) is 139 Å². The van der Waals surface area contributed by atoms with Gasteiger partial charge in [-0.05, 0) is 0 Å². The molecule has 3 atom stereocenters. The molecule has 0 aliphatic carbocycles. The molecule has 2 aromatic rings. The zero-order valence-corrected chi connectivity index (χ0v) is 11.0. The summed E-state index contributed by atoms with van der Waals surface area (Å²) in [5.74, 6) is -3.60. The number of alkyl halides is 2. The van der Waals surface area contributed by atoms with Crippen LogP contribution in [-0.4, -0.2) is 61.1 Å². The number of rotatable bonds is 3. The fraction of sp³-hybridized carbons (Fsp3) is 0.455. The summed E-state index contributed by atoms with van der Waals surface area (Å²) < 4.78 is 32.8. The molecule has 2 aromatic heterocycles. The molecule has 0 saturated carbocycles. The molecule has 22 heavy (non-hydrogen) atoms. The third-order valence-corrected chi connectivity index (χ3v) is 3.30. The molecular weight excluding hydrogens is 302 g/mol. The van der Waals surface area contributed by atoms with Crippen LogP contribution in [0.5, 0.6) is 0 Å². The zero-order chi connectivity index (χ0) is 15.9. The van der Waals surface area contributed by atoms with Crippen LogP contribution in [0.1, 0.15) is 0 Å². The third-order valence-electron chi connectivity index (χ3n) is 3.30. The summed E-state index contributed by atoms with van der Waals surface area (Å²) in [5, 5.41) is 20.8. The van der Waals surface area contributed by atoms with Gasteiger partial charge < -0.3 is 26.0 Å². The maximum atomic E-state index is 14.0. The van der Waals surface area contributed by atoms with Gasteiger partial charge in [-0.2, -0.15) is 8.78 Å². The standard InChI is InChI=1S/C11H12F2N6O3/c12-11(13)7(21)4(1-20)22-10(11)19-9-6-5(15-3-18-9)8(14)17-2-16-6/h2-4,7,10,20-21H,1H2,(H2,14,16,17)(H,15,18,19)/t4-,7-,10-/m1/s1. The number of nitrogens with one attached hydrogen (secondary N) is 1. The molecule has 0 radical (unpaired) electrons. The predicted molar refractivity (Wildman–Crippen MR) is 69.9 cm³/mol. The molecule has 0 amide bonds. The molecule has 11 heteroatoms. The highest BCUT2D eigenvalue weighted by molar-refractivity contribution is 5.91. The van der Waals surface area contributed by atoms with Crippen molar-refractivity contribution in [2.45, 2.75) is 24.4 Å². The van der Waals surface area contributed by atoms with Gasteiger partial charge in [-0.3, -0.25) is 0 Å². The molecule has 1 aliphatic rings. The molecule has 5 N–H and O–H groups in total. The lowest BCUT2D eigenvalue weighted by Crippen LogP contribution is -2.43. The van der Waals surface area contributed by atoms with Crippen molar-refractivity contribution in [2.24, 2.45) is 0 Å². The summed E-state index contributed by atoms with van der Waals surface area (Å²) in [7, 11) is 0. The molecular formula is C11H12F2N6O3. The fourth-order valence-electron chi connectivity index (χ4n) is 2.14. The van der Waals surface area contributed by atoms with E-state index in [9.17, 15) is 13.9 Å². The molecule has 1 aliphatic heterocycles. The highest BCUT2D eigenvalue weighted by Crippen LogP contribution is 2.37. The van der Waals surface area contributed by atoms with Crippen molar-refractivity contribution in [3.63, 3.8) is 0 Å². The van der Waals surface area contributed by atoms with Crippen molar-refractivity contribution in [2.75, 3.05) is 17.7 Å². The Hall–Kier alpha value is -2.24. The first-order valence-electron chi connectivity index (χ1n) is 6.25. The monoisotopic (exact) mass is 314 g/mol. The number of aliphatic hydroxyl groups excluding tert-OH is 2. The van der Waals surface area contributed by atoms with Gasteiger partial charge in [-0.1, -0.05) is 0 Å². The number of aliphatic hydroxyl groups is 2. The molecule has 0 bridgehead atoms. The fourth-order valence-corrected chi connectivity index (χ4v) is 2.14. The Bertz CT molecular complexity index is 703. The Morgan fingerprint density at radius 1 is 1.23 bits per heavy atom. The van der Waals surface area contributed by atoms with E-state index < -0.39 is 31.0 Å². The number of hydrogen-bond donors (Lipinski definition) is 4. The second kappa shape index (κ2) is 5.19. The molecule has 0 aromatic carbocycles. The Morgan fingerprint density at radius 3 is 2.59 bits per heavy atom. The van der Waals surface area contributed by atoms with Crippen molar-refractivity contribution in [3.8, 4) is 0 Å². The van der Waals surface area contributed by atoms with Gasteiger partial charge >= 0.3 is 5.92 Å². The van der Waals surface area contributed by atoms with Gasteiger partial charge in [0.2, 0.25) is 0 Å². The van der Waals surface area contributed by atoms with Crippen LogP contribution in [0.2, 0.25) is 0 Å². The lowest BCUT2D eigenvalue weighted by atomic mass is 10.1. The number of hydrogen-bond acceptors (Lipinski definition) is 9. The van der Waals surface area contributed by atoms with Crippen molar-refractivity contribution in [1.29, 1.82) is 0 Å². The highest BCUT2D eigenvalue weighted by Gasteiger charge is 2.58. The van der Waals surface area contributed by atoms with E-state index >= 15 is 0 Å². The van der Waals surface area contributed by atoms with Crippen molar-refractivity contribution >= 4 is 22.7 Å². The Labute approximate surface area is 122 Å². The predicted octanol–water partition coefficient (Wildman–Crippen LogP) is -0.873. The van der Waals surface area contributed by atoms with Gasteiger partial charge in [-0.25, -0.2) is 19.9 Å². The first-order chi connectivity index (χ1) is 10.4. The minimum Gasteiger partial charge on any atom is -0.394 e. The molecule has 0 unspecified atom stereocenters. The number of fused-ring (bicyclic) bond motifs is 1. The number of aromatic nitrogens is 4. The van der Waals surface area contributed by atoms with Crippen molar-refractivity contribution in [3.05, 3.63) is 12.7 Å². The molecule has 3 heterocycles. The van der Waals surface area contributed by atoms with E-state index in [1.165, 1.54) is 0 Å². The second-order valence-corrected chi connectivity index (χ2v) is 4.68. The van der Waals surface area contributed by atoms with E-state index in [1.54, 1.807) is 0 Å². The number of halogens is 2. The van der Waals surface area contributed by atoms with E-state index in [1.807, 2.05) is 0 Å². The highest BCUT2D eigenvalue weighted by atomic mass is 19.3. The first kappa shape index (κ1) is 14.7. The van der Waals surface area contributed by atoms with Crippen molar-refractivity contribution in [1.82, 2.24) is 19.9 Å². The van der Waals surface area contributed by atoms with Crippen LogP contribution in [0.3, 0.4) is 0 Å². The summed E-state index contributed by atoms with van der Waals surface area (Å²) >= 11 is 0. The number of ether oxygens (including phenoxy) is 1. The molecule has 9 nitrogen and oxygen atoms in total. The average Bonchev–Trinajstić information content (AvgIpc) is 2.71. The van der Waals surface area contributed by atoms with Crippen LogP contribution in [0, 0.1) is 0 Å². The maximum absolute atomic E-state index is 14.0. The SMILES string of the molecule is Nc1ncnc2c(N[C@@H]3O[C@H](CO)[C@@H](O)C3(F)F)ncnc12. The number of anilines is 2. The van der Waals surface area contributed by atoms with Crippen molar-refractivity contribution < 1.29 is 23.7 Å². The van der Waals surface area contributed by atoms with E-state index in [4.69, 9.17) is 15.6 Å². The van der Waals surface area contributed by atoms with Gasteiger partial charge in [0.25, 0.3) is 0 Å². The normalized spacial score (nSPS) is 27.2. The van der Waals surface area contributed by atoms with Gasteiger partial charge in [0, 0.05) is 0 Å². The van der Waals surface area contributed by atoms with Crippen LogP contribution in [0.15, 0.2) is 12.7 Å². The molecule has 118 valence electrons. The van der Waals surface area contributed by atoms with Crippen LogP contribution >= 0.6 is 0 Å². The summed E-state index contributed by atoms with van der Waals surface area (Å²) in [6.07, 6.45) is -3.17. The maximum Gasteiger partial charge on any atom is 0.319 e. The zero-order valence-electron chi connectivity index (χ0n) is 11.0. The van der Waals surface area contributed by atoms with Gasteiger partial charge in [0.1, 0.15) is 29.8 Å². The summed E-state index contributed by atoms with van der Waals surface area (Å²) in [6, 6.07) is 0. The quantitative estimate of drug-likeness (QED) is 0.569. The second-order valence-electron chi connectivity index (χ2n) is 4.68. The molecule has 1 saturated heterocycles. The van der Waals surface area contributed by atoms with Gasteiger partial charge in [0.15, 0.2) is 24.0 Å². The summed E-state index contributed by atoms with van der Waals surface area (Å²) in [6.45, 7) is -0.741. The Morgan fingerprint density at radius 2 is 1.91 bits per heavy atom. The van der Waals surface area contributed by atoms with E-state index in [0.29, 0.717) is 0 Å². The summed E-state index contributed by atoms with van der Waals surface area (Å²) in [4.78, 5) is 15.3. The molecule has 1 fully saturated rings. The molecule has 3 rings (SSSR count). The van der Waals surface area contributed by atoms with Gasteiger partial charge in [0.05, 0.1) is 6.61 Å². The Kier molecular flexibility index (Phi) is 3.47. The average molecular weight is 314 g/mol. The minimum atomic E-state index is -3.62. The number of nitrogens with zero attached hydrogens (tertiary/aromatic N) is 4. The minimum absolute atomic E-state index is 0.0467. The first-order valence-corrected chi connectivity index (χ1v) is 6.25. The van der Waals surface area contributed by atoms with Crippen LogP contribution in [0.4, 0.5) is 20.4 Å². The van der Waals surface area contributed by atoms with Gasteiger partial charge in [-0.15, -0.1) is 0 Å². The number of nitrogen functional groups attached to an aromatic ring is 1. The largest absolute Gasteiger partial charge is 0.394 e. The van der Waals surface area contributed by atoms with E-state index in [0.717, 1.165) is 12.7 Å².